The van der Waals surface area contributed by atoms with E-state index in [0.29, 0.717) is 30.1 Å². The van der Waals surface area contributed by atoms with Crippen molar-refractivity contribution >= 4 is 30.0 Å². The van der Waals surface area contributed by atoms with Crippen LogP contribution in [0.5, 0.6) is 0 Å². The molecule has 7 nitrogen and oxygen atoms in total. The maximum Gasteiger partial charge on any atom is 0.338 e. The van der Waals surface area contributed by atoms with Gasteiger partial charge in [0.2, 0.25) is 0 Å². The largest absolute Gasteiger partial charge is 0.462 e. The van der Waals surface area contributed by atoms with E-state index in [1.54, 1.807) is 31.2 Å². The van der Waals surface area contributed by atoms with Crippen molar-refractivity contribution in [2.45, 2.75) is 19.9 Å². The van der Waals surface area contributed by atoms with Crippen molar-refractivity contribution in [2.24, 2.45) is 0 Å². The molecule has 1 aromatic heterocycles. The third-order valence-electron chi connectivity index (χ3n) is 3.68. The number of hydrogen-bond donors (Lipinski definition) is 3. The van der Waals surface area contributed by atoms with Gasteiger partial charge in [-0.25, -0.2) is 4.79 Å². The van der Waals surface area contributed by atoms with E-state index in [0.717, 1.165) is 24.2 Å². The van der Waals surface area contributed by atoms with Crippen LogP contribution >= 0.6 is 12.4 Å². The number of carbonyl (C=O) groups is 2. The Morgan fingerprint density at radius 2 is 2.04 bits per heavy atom. The fraction of sp³-hybridized carbons (Fsp3) is 0.312. The molecular weight excluding hydrogens is 332 g/mol. The van der Waals surface area contributed by atoms with Crippen LogP contribution in [0.2, 0.25) is 0 Å². The van der Waals surface area contributed by atoms with Gasteiger partial charge in [0.1, 0.15) is 0 Å². The first kappa shape index (κ1) is 18.0. The average Bonchev–Trinajstić information content (AvgIpc) is 3.00. The topological polar surface area (TPSA) is 96.1 Å². The highest BCUT2D eigenvalue weighted by atomic mass is 35.5. The van der Waals surface area contributed by atoms with Gasteiger partial charge in [-0.2, -0.15) is 5.10 Å². The van der Waals surface area contributed by atoms with Gasteiger partial charge in [-0.15, -0.1) is 12.4 Å². The predicted molar refractivity (Wildman–Crippen MR) is 91.6 cm³/mol. The highest BCUT2D eigenvalue weighted by Crippen LogP contribution is 2.17. The number of aromatic amines is 1. The zero-order valence-electron chi connectivity index (χ0n) is 13.2. The predicted octanol–water partition coefficient (Wildman–Crippen LogP) is 1.91. The first-order valence-corrected chi connectivity index (χ1v) is 7.54. The highest BCUT2D eigenvalue weighted by molar-refractivity contribution is 6.04. The molecule has 24 heavy (non-hydrogen) atoms. The number of carbonyl (C=O) groups excluding carboxylic acids is 2. The third kappa shape index (κ3) is 3.74. The molecule has 1 amide bonds. The monoisotopic (exact) mass is 350 g/mol. The van der Waals surface area contributed by atoms with Crippen LogP contribution < -0.4 is 10.6 Å². The highest BCUT2D eigenvalue weighted by Gasteiger charge is 2.21. The van der Waals surface area contributed by atoms with Crippen molar-refractivity contribution in [1.29, 1.82) is 0 Å². The van der Waals surface area contributed by atoms with E-state index in [2.05, 4.69) is 20.8 Å². The van der Waals surface area contributed by atoms with Crippen LogP contribution in [0.25, 0.3) is 0 Å². The minimum absolute atomic E-state index is 0. The number of halogens is 1. The maximum atomic E-state index is 12.4. The summed E-state index contributed by atoms with van der Waals surface area (Å²) in [5.41, 5.74) is 3.37. The van der Waals surface area contributed by atoms with Crippen LogP contribution in [0.3, 0.4) is 0 Å². The second-order valence-electron chi connectivity index (χ2n) is 5.21. The van der Waals surface area contributed by atoms with Crippen molar-refractivity contribution in [3.63, 3.8) is 0 Å². The number of fused-ring (bicyclic) bond motifs is 1. The van der Waals surface area contributed by atoms with Crippen molar-refractivity contribution in [2.75, 3.05) is 18.5 Å². The second kappa shape index (κ2) is 7.94. The van der Waals surface area contributed by atoms with Crippen molar-refractivity contribution in [1.82, 2.24) is 15.5 Å². The van der Waals surface area contributed by atoms with E-state index in [-0.39, 0.29) is 24.3 Å². The molecule has 2 aromatic rings. The van der Waals surface area contributed by atoms with Gasteiger partial charge in [-0.3, -0.25) is 9.89 Å². The number of nitrogens with one attached hydrogen (secondary N) is 3. The van der Waals surface area contributed by atoms with Crippen LogP contribution in [0.1, 0.15) is 39.0 Å². The molecule has 0 atom stereocenters. The summed E-state index contributed by atoms with van der Waals surface area (Å²) in [4.78, 5) is 24.0. The maximum absolute atomic E-state index is 12.4. The van der Waals surface area contributed by atoms with Gasteiger partial charge < -0.3 is 15.4 Å². The van der Waals surface area contributed by atoms with E-state index in [9.17, 15) is 9.59 Å². The average molecular weight is 351 g/mol. The molecule has 0 saturated heterocycles. The number of amides is 1. The van der Waals surface area contributed by atoms with Gasteiger partial charge in [-0.05, 0) is 31.2 Å². The van der Waals surface area contributed by atoms with E-state index in [4.69, 9.17) is 4.74 Å². The number of nitrogens with zero attached hydrogens (tertiary/aromatic N) is 1. The summed E-state index contributed by atoms with van der Waals surface area (Å²) in [6.07, 6.45) is 0.837. The number of H-pyrrole nitrogens is 1. The quantitative estimate of drug-likeness (QED) is 0.732. The summed E-state index contributed by atoms with van der Waals surface area (Å²) < 4.78 is 4.92. The second-order valence-corrected chi connectivity index (χ2v) is 5.21. The molecule has 0 radical (unpaired) electrons. The molecular formula is C16H19ClN4O3. The van der Waals surface area contributed by atoms with Gasteiger partial charge in [-0.1, -0.05) is 0 Å². The standard InChI is InChI=1S/C16H18N4O3.ClH/c1-2-23-16(22)10-3-5-11(6-4-10)18-15(21)14-12-9-17-8-7-13(12)19-20-14;/h3-6,17H,2,7-9H2,1H3,(H,18,21)(H,19,20);1H. The summed E-state index contributed by atoms with van der Waals surface area (Å²) in [6, 6.07) is 6.58. The smallest absolute Gasteiger partial charge is 0.338 e. The normalized spacial score (nSPS) is 12.7. The Morgan fingerprint density at radius 1 is 1.29 bits per heavy atom. The summed E-state index contributed by atoms with van der Waals surface area (Å²) in [6.45, 7) is 3.60. The van der Waals surface area contributed by atoms with E-state index >= 15 is 0 Å². The summed E-state index contributed by atoms with van der Waals surface area (Å²) in [5.74, 6) is -0.645. The number of benzene rings is 1. The first-order valence-electron chi connectivity index (χ1n) is 7.54. The van der Waals surface area contributed by atoms with Crippen LogP contribution in [0.15, 0.2) is 24.3 Å². The third-order valence-corrected chi connectivity index (χ3v) is 3.68. The van der Waals surface area contributed by atoms with E-state index in [1.807, 2.05) is 0 Å². The van der Waals surface area contributed by atoms with Crippen molar-refractivity contribution in [3.05, 3.63) is 46.8 Å². The fourth-order valence-corrected chi connectivity index (χ4v) is 2.51. The van der Waals surface area contributed by atoms with Crippen LogP contribution in [-0.4, -0.2) is 35.2 Å². The molecule has 128 valence electrons. The number of hydrogen-bond acceptors (Lipinski definition) is 5. The van der Waals surface area contributed by atoms with Gasteiger partial charge in [0, 0.05) is 36.5 Å². The Morgan fingerprint density at radius 3 is 2.75 bits per heavy atom. The van der Waals surface area contributed by atoms with Crippen LogP contribution in [0, 0.1) is 0 Å². The van der Waals surface area contributed by atoms with Crippen molar-refractivity contribution in [3.8, 4) is 0 Å². The molecule has 1 aliphatic heterocycles. The van der Waals surface area contributed by atoms with Crippen LogP contribution in [0.4, 0.5) is 5.69 Å². The van der Waals surface area contributed by atoms with E-state index < -0.39 is 0 Å². The summed E-state index contributed by atoms with van der Waals surface area (Å²) >= 11 is 0. The molecule has 0 aliphatic carbocycles. The molecule has 0 saturated carbocycles. The molecule has 1 aromatic carbocycles. The molecule has 0 bridgehead atoms. The summed E-state index contributed by atoms with van der Waals surface area (Å²) in [7, 11) is 0. The van der Waals surface area contributed by atoms with Gasteiger partial charge >= 0.3 is 5.97 Å². The molecule has 2 heterocycles. The lowest BCUT2D eigenvalue weighted by molar-refractivity contribution is 0.0526. The summed E-state index contributed by atoms with van der Waals surface area (Å²) in [5, 5.41) is 13.0. The SMILES string of the molecule is CCOC(=O)c1ccc(NC(=O)c2n[nH]c3c2CNCC3)cc1.Cl. The Hall–Kier alpha value is -2.38. The lowest BCUT2D eigenvalue weighted by Gasteiger charge is -2.13. The van der Waals surface area contributed by atoms with Gasteiger partial charge in [0.25, 0.3) is 5.91 Å². The molecule has 0 unspecified atom stereocenters. The Kier molecular flexibility index (Phi) is 5.94. The first-order chi connectivity index (χ1) is 11.2. The minimum Gasteiger partial charge on any atom is -0.462 e. The molecule has 3 N–H and O–H groups in total. The number of ether oxygens (including phenoxy) is 1. The van der Waals surface area contributed by atoms with Gasteiger partial charge in [0.15, 0.2) is 5.69 Å². The van der Waals surface area contributed by atoms with Gasteiger partial charge in [0.05, 0.1) is 12.2 Å². The number of aromatic nitrogens is 2. The fourth-order valence-electron chi connectivity index (χ4n) is 2.51. The minimum atomic E-state index is -0.377. The van der Waals surface area contributed by atoms with Crippen molar-refractivity contribution < 1.29 is 14.3 Å². The Bertz CT molecular complexity index is 727. The zero-order chi connectivity index (χ0) is 16.2. The molecule has 0 spiro atoms. The van der Waals surface area contributed by atoms with Crippen LogP contribution in [-0.2, 0) is 17.7 Å². The molecule has 8 heteroatoms. The number of anilines is 1. The Labute approximate surface area is 145 Å². The van der Waals surface area contributed by atoms with E-state index in [1.165, 1.54) is 0 Å². The number of esters is 1. The molecule has 3 rings (SSSR count). The lowest BCUT2D eigenvalue weighted by atomic mass is 10.1. The Balaban J connectivity index is 0.00000208. The zero-order valence-corrected chi connectivity index (χ0v) is 14.0. The molecule has 1 aliphatic rings. The molecule has 0 fully saturated rings. The number of rotatable bonds is 4. The lowest BCUT2D eigenvalue weighted by Crippen LogP contribution is -2.25.